The number of fused-ring (bicyclic) bond motifs is 1. The predicted molar refractivity (Wildman–Crippen MR) is 126 cm³/mol. The summed E-state index contributed by atoms with van der Waals surface area (Å²) in [5, 5.41) is 0. The topological polar surface area (TPSA) is 87.2 Å². The molecule has 8 nitrogen and oxygen atoms in total. The molecule has 0 aromatic heterocycles. The molecule has 1 amide bonds. The summed E-state index contributed by atoms with van der Waals surface area (Å²) < 4.78 is 73.1. The van der Waals surface area contributed by atoms with Crippen molar-refractivity contribution >= 4 is 27.8 Å². The minimum Gasteiger partial charge on any atom is -0.469 e. The van der Waals surface area contributed by atoms with Gasteiger partial charge in [0.1, 0.15) is 0 Å². The minimum absolute atomic E-state index is 0.0250. The Morgan fingerprint density at radius 3 is 2.31 bits per heavy atom. The van der Waals surface area contributed by atoms with Gasteiger partial charge in [-0.1, -0.05) is 6.07 Å². The average Bonchev–Trinajstić information content (AvgIpc) is 3.01. The number of alkyl halides is 3. The summed E-state index contributed by atoms with van der Waals surface area (Å²) in [6, 6.07) is 5.11. The first-order valence-corrected chi connectivity index (χ1v) is 13.7. The van der Waals surface area contributed by atoms with E-state index in [0.717, 1.165) is 48.1 Å². The Labute approximate surface area is 209 Å². The van der Waals surface area contributed by atoms with Crippen LogP contribution in [0.5, 0.6) is 0 Å². The van der Waals surface area contributed by atoms with Crippen LogP contribution in [0.4, 0.5) is 18.9 Å². The number of halogens is 3. The molecular formula is C24H32F3N3O5S. The van der Waals surface area contributed by atoms with Crippen molar-refractivity contribution in [3.8, 4) is 0 Å². The van der Waals surface area contributed by atoms with Crippen molar-refractivity contribution in [1.82, 2.24) is 9.21 Å². The second-order valence-corrected chi connectivity index (χ2v) is 11.5. The van der Waals surface area contributed by atoms with Gasteiger partial charge in [0.05, 0.1) is 12.8 Å². The number of nitrogens with zero attached hydrogens (tertiary/aromatic N) is 3. The van der Waals surface area contributed by atoms with Crippen molar-refractivity contribution in [2.75, 3.05) is 37.6 Å². The molecule has 0 atom stereocenters. The quantitative estimate of drug-likeness (QED) is 0.545. The molecule has 2 heterocycles. The Balaban J connectivity index is 1.40. The van der Waals surface area contributed by atoms with Gasteiger partial charge in [0.15, 0.2) is 0 Å². The van der Waals surface area contributed by atoms with E-state index >= 15 is 0 Å². The number of amides is 1. The number of esters is 1. The monoisotopic (exact) mass is 531 g/mol. The number of benzene rings is 1. The highest BCUT2D eigenvalue weighted by molar-refractivity contribution is 7.90. The fourth-order valence-electron chi connectivity index (χ4n) is 5.57. The van der Waals surface area contributed by atoms with Gasteiger partial charge in [0, 0.05) is 38.6 Å². The summed E-state index contributed by atoms with van der Waals surface area (Å²) in [5.74, 6) is -1.68. The molecule has 1 aliphatic carbocycles. The normalized spacial score (nSPS) is 24.8. The van der Waals surface area contributed by atoms with Crippen molar-refractivity contribution in [3.05, 3.63) is 29.3 Å². The lowest BCUT2D eigenvalue weighted by Gasteiger charge is -2.33. The lowest BCUT2D eigenvalue weighted by Crippen LogP contribution is -2.42. The largest absolute Gasteiger partial charge is 0.471 e. The van der Waals surface area contributed by atoms with E-state index in [0.29, 0.717) is 31.1 Å². The molecule has 4 rings (SSSR count). The van der Waals surface area contributed by atoms with Crippen LogP contribution < -0.4 is 4.31 Å². The molecule has 2 aliphatic heterocycles. The fraction of sp³-hybridized carbons (Fsp3) is 0.667. The molecule has 2 fully saturated rings. The van der Waals surface area contributed by atoms with Gasteiger partial charge in [-0.15, -0.1) is 0 Å². The van der Waals surface area contributed by atoms with Crippen LogP contribution in [0.15, 0.2) is 18.2 Å². The van der Waals surface area contributed by atoms with Gasteiger partial charge in [0.25, 0.3) is 0 Å². The first-order valence-electron chi connectivity index (χ1n) is 12.3. The van der Waals surface area contributed by atoms with Crippen LogP contribution >= 0.6 is 0 Å². The molecule has 1 saturated heterocycles. The lowest BCUT2D eigenvalue weighted by molar-refractivity contribution is -0.185. The number of hydrogen-bond donors (Lipinski definition) is 0. The lowest BCUT2D eigenvalue weighted by atomic mass is 9.83. The molecule has 1 saturated carbocycles. The minimum atomic E-state index is -4.91. The molecule has 1 aromatic carbocycles. The van der Waals surface area contributed by atoms with Crippen molar-refractivity contribution in [1.29, 1.82) is 0 Å². The predicted octanol–water partition coefficient (Wildman–Crippen LogP) is 3.05. The van der Waals surface area contributed by atoms with Crippen LogP contribution in [-0.2, 0) is 37.4 Å². The van der Waals surface area contributed by atoms with E-state index in [1.807, 2.05) is 0 Å². The second kappa shape index (κ2) is 10.6. The Kier molecular flexibility index (Phi) is 7.84. The first-order chi connectivity index (χ1) is 17.0. The maximum Gasteiger partial charge on any atom is 0.471 e. The van der Waals surface area contributed by atoms with E-state index in [9.17, 15) is 31.2 Å². The van der Waals surface area contributed by atoms with E-state index in [1.54, 1.807) is 22.5 Å². The molecule has 0 bridgehead atoms. The van der Waals surface area contributed by atoms with Crippen LogP contribution in [0.1, 0.15) is 49.7 Å². The number of hydrogen-bond acceptors (Lipinski definition) is 5. The van der Waals surface area contributed by atoms with E-state index in [1.165, 1.54) is 11.4 Å². The maximum atomic E-state index is 13.4. The van der Waals surface area contributed by atoms with Crippen LogP contribution in [0.3, 0.4) is 0 Å². The molecule has 1 aromatic rings. The summed E-state index contributed by atoms with van der Waals surface area (Å²) in [4.78, 5) is 23.9. The van der Waals surface area contributed by atoms with Gasteiger partial charge >= 0.3 is 28.3 Å². The number of methoxy groups -OCH3 is 1. The second-order valence-electron chi connectivity index (χ2n) is 9.72. The third-order valence-corrected chi connectivity index (χ3v) is 9.64. The molecule has 200 valence electrons. The van der Waals surface area contributed by atoms with Crippen LogP contribution in [0, 0.1) is 5.92 Å². The Bertz CT molecular complexity index is 1090. The smallest absolute Gasteiger partial charge is 0.469 e. The highest BCUT2D eigenvalue weighted by Crippen LogP contribution is 2.36. The number of rotatable bonds is 5. The summed E-state index contributed by atoms with van der Waals surface area (Å²) in [7, 11) is -2.36. The van der Waals surface area contributed by atoms with Crippen LogP contribution in [0.2, 0.25) is 0 Å². The third kappa shape index (κ3) is 5.64. The van der Waals surface area contributed by atoms with Gasteiger partial charge in [-0.25, -0.2) is 0 Å². The molecule has 0 radical (unpaired) electrons. The van der Waals surface area contributed by atoms with E-state index in [-0.39, 0.29) is 37.9 Å². The van der Waals surface area contributed by atoms with E-state index < -0.39 is 22.3 Å². The number of anilines is 1. The molecule has 0 spiro atoms. The van der Waals surface area contributed by atoms with Gasteiger partial charge in [0.2, 0.25) is 0 Å². The summed E-state index contributed by atoms with van der Waals surface area (Å²) >= 11 is 0. The summed E-state index contributed by atoms with van der Waals surface area (Å²) in [6.45, 7) is 0.600. The zero-order valence-electron chi connectivity index (χ0n) is 20.3. The van der Waals surface area contributed by atoms with Crippen molar-refractivity contribution < 1.29 is 35.9 Å². The number of carbonyl (C=O) groups excluding carboxylic acids is 2. The van der Waals surface area contributed by atoms with Crippen LogP contribution in [0.25, 0.3) is 0 Å². The summed E-state index contributed by atoms with van der Waals surface area (Å²) in [5.41, 5.74) is 2.10. The van der Waals surface area contributed by atoms with E-state index in [2.05, 4.69) is 0 Å². The molecule has 0 unspecified atom stereocenters. The summed E-state index contributed by atoms with van der Waals surface area (Å²) in [6.07, 6.45) is -0.0535. The zero-order chi connectivity index (χ0) is 26.1. The van der Waals surface area contributed by atoms with Crippen molar-refractivity contribution in [2.45, 2.75) is 63.6 Å². The number of ether oxygens (including phenoxy) is 1. The average molecular weight is 532 g/mol. The maximum absolute atomic E-state index is 13.4. The van der Waals surface area contributed by atoms with Crippen LogP contribution in [-0.4, -0.2) is 75.0 Å². The number of carbonyl (C=O) groups is 2. The van der Waals surface area contributed by atoms with Gasteiger partial charge < -0.3 is 9.64 Å². The standard InChI is InChI=1S/C24H32F3N3O5S/c1-35-22(31)9-4-17-2-6-20(7-3-17)29-14-15-30(36(29,33)34)21-8-5-18-10-12-28(13-11-19(18)16-21)23(32)24(25,26)27/h5,8,16-17,20H,2-4,6-7,9-15H2,1H3/t17-,20-. The van der Waals surface area contributed by atoms with E-state index in [4.69, 9.17) is 4.74 Å². The molecule has 12 heteroatoms. The Morgan fingerprint density at radius 1 is 1.00 bits per heavy atom. The van der Waals surface area contributed by atoms with Gasteiger partial charge in [-0.3, -0.25) is 13.9 Å². The van der Waals surface area contributed by atoms with Crippen molar-refractivity contribution in [3.63, 3.8) is 0 Å². The molecular weight excluding hydrogens is 499 g/mol. The van der Waals surface area contributed by atoms with Gasteiger partial charge in [-0.2, -0.15) is 25.9 Å². The Hall–Kier alpha value is -2.34. The zero-order valence-corrected chi connectivity index (χ0v) is 21.1. The molecule has 0 N–H and O–H groups in total. The Morgan fingerprint density at radius 2 is 1.67 bits per heavy atom. The molecule has 3 aliphatic rings. The first kappa shape index (κ1) is 26.7. The van der Waals surface area contributed by atoms with Crippen molar-refractivity contribution in [2.24, 2.45) is 5.92 Å². The molecule has 36 heavy (non-hydrogen) atoms. The highest BCUT2D eigenvalue weighted by atomic mass is 32.2. The highest BCUT2D eigenvalue weighted by Gasteiger charge is 2.44. The third-order valence-electron chi connectivity index (χ3n) is 7.62. The fourth-order valence-corrected chi connectivity index (χ4v) is 7.42. The van der Waals surface area contributed by atoms with Gasteiger partial charge in [-0.05, 0) is 74.1 Å². The SMILES string of the molecule is COC(=O)CC[C@H]1CC[C@H](N2CCN(c3ccc4c(c3)CCN(C(=O)C(F)(F)F)CC4)S2(=O)=O)CC1.